The van der Waals surface area contributed by atoms with Crippen LogP contribution in [0.2, 0.25) is 0 Å². The Bertz CT molecular complexity index is 834. The number of tetrazole rings is 1. The van der Waals surface area contributed by atoms with Gasteiger partial charge in [0.2, 0.25) is 11.7 Å². The molecule has 1 heterocycles. The van der Waals surface area contributed by atoms with E-state index in [0.29, 0.717) is 5.56 Å². The maximum atomic E-state index is 13.2. The zero-order valence-corrected chi connectivity index (χ0v) is 13.1. The molecule has 0 saturated heterocycles. The normalized spacial score (nSPS) is 11.9. The van der Waals surface area contributed by atoms with E-state index in [1.54, 1.807) is 12.1 Å². The Labute approximate surface area is 138 Å². The molecule has 2 aromatic carbocycles. The average Bonchev–Trinajstić information content (AvgIpc) is 3.04. The molecular formula is C17H16FN5O. The van der Waals surface area contributed by atoms with Crippen LogP contribution in [0.15, 0.2) is 54.6 Å². The predicted molar refractivity (Wildman–Crippen MR) is 86.2 cm³/mol. The second-order valence-electron chi connectivity index (χ2n) is 5.35. The molecular weight excluding hydrogens is 309 g/mol. The van der Waals surface area contributed by atoms with Crippen LogP contribution in [0.3, 0.4) is 0 Å². The first-order valence-electron chi connectivity index (χ1n) is 7.50. The van der Waals surface area contributed by atoms with Crippen LogP contribution in [0.4, 0.5) is 4.39 Å². The Hall–Kier alpha value is -3.09. The maximum absolute atomic E-state index is 13.2. The summed E-state index contributed by atoms with van der Waals surface area (Å²) in [5, 5.41) is 14.7. The van der Waals surface area contributed by atoms with E-state index in [2.05, 4.69) is 20.7 Å². The van der Waals surface area contributed by atoms with E-state index in [-0.39, 0.29) is 30.1 Å². The number of hydrogen-bond acceptors (Lipinski definition) is 4. The molecule has 3 aromatic rings. The monoisotopic (exact) mass is 325 g/mol. The van der Waals surface area contributed by atoms with E-state index in [1.807, 2.05) is 37.3 Å². The molecule has 3 rings (SSSR count). The van der Waals surface area contributed by atoms with E-state index in [9.17, 15) is 9.18 Å². The molecule has 0 saturated carbocycles. The van der Waals surface area contributed by atoms with Gasteiger partial charge in [-0.25, -0.2) is 4.39 Å². The lowest BCUT2D eigenvalue weighted by molar-refractivity contribution is -0.122. The zero-order valence-electron chi connectivity index (χ0n) is 13.1. The summed E-state index contributed by atoms with van der Waals surface area (Å²) in [7, 11) is 0. The summed E-state index contributed by atoms with van der Waals surface area (Å²) in [6, 6.07) is 15.4. The molecule has 24 heavy (non-hydrogen) atoms. The van der Waals surface area contributed by atoms with Gasteiger partial charge in [0.25, 0.3) is 0 Å². The molecule has 7 heteroatoms. The van der Waals surface area contributed by atoms with Crippen molar-refractivity contribution in [2.45, 2.75) is 19.5 Å². The standard InChI is InChI=1S/C17H16FN5O/c1-12(13-6-3-2-4-7-13)19-16(24)11-23-21-17(20-22-23)14-8-5-9-15(18)10-14/h2-10,12H,11H2,1H3,(H,19,24). The van der Waals surface area contributed by atoms with Crippen molar-refractivity contribution in [1.29, 1.82) is 0 Å². The molecule has 1 N–H and O–H groups in total. The average molecular weight is 325 g/mol. The quantitative estimate of drug-likeness (QED) is 0.781. The summed E-state index contributed by atoms with van der Waals surface area (Å²) in [4.78, 5) is 13.3. The summed E-state index contributed by atoms with van der Waals surface area (Å²) >= 11 is 0. The number of benzene rings is 2. The van der Waals surface area contributed by atoms with E-state index in [1.165, 1.54) is 16.9 Å². The molecule has 0 fully saturated rings. The molecule has 0 bridgehead atoms. The Kier molecular flexibility index (Phi) is 4.60. The number of carbonyl (C=O) groups is 1. The van der Waals surface area contributed by atoms with Crippen molar-refractivity contribution in [3.63, 3.8) is 0 Å². The van der Waals surface area contributed by atoms with Crippen LogP contribution < -0.4 is 5.32 Å². The number of hydrogen-bond donors (Lipinski definition) is 1. The van der Waals surface area contributed by atoms with Crippen LogP contribution in [0.5, 0.6) is 0 Å². The number of aromatic nitrogens is 4. The smallest absolute Gasteiger partial charge is 0.244 e. The van der Waals surface area contributed by atoms with Gasteiger partial charge in [0.1, 0.15) is 12.4 Å². The second-order valence-corrected chi connectivity index (χ2v) is 5.35. The van der Waals surface area contributed by atoms with Crippen molar-refractivity contribution in [3.05, 3.63) is 66.0 Å². The van der Waals surface area contributed by atoms with E-state index in [0.717, 1.165) is 5.56 Å². The number of nitrogens with one attached hydrogen (secondary N) is 1. The Balaban J connectivity index is 1.63. The van der Waals surface area contributed by atoms with Crippen LogP contribution in [-0.4, -0.2) is 26.1 Å². The molecule has 6 nitrogen and oxygen atoms in total. The molecule has 1 amide bonds. The SMILES string of the molecule is CC(NC(=O)Cn1nnc(-c2cccc(F)c2)n1)c1ccccc1. The lowest BCUT2D eigenvalue weighted by Gasteiger charge is -2.13. The highest BCUT2D eigenvalue weighted by atomic mass is 19.1. The van der Waals surface area contributed by atoms with Gasteiger partial charge in [-0.3, -0.25) is 4.79 Å². The molecule has 0 aliphatic heterocycles. The van der Waals surface area contributed by atoms with Crippen LogP contribution >= 0.6 is 0 Å². The lowest BCUT2D eigenvalue weighted by atomic mass is 10.1. The summed E-state index contributed by atoms with van der Waals surface area (Å²) in [5.74, 6) is -0.328. The van der Waals surface area contributed by atoms with Gasteiger partial charge in [-0.05, 0) is 29.8 Å². The highest BCUT2D eigenvalue weighted by molar-refractivity contribution is 5.76. The van der Waals surface area contributed by atoms with Gasteiger partial charge < -0.3 is 5.32 Å². The fraction of sp³-hybridized carbons (Fsp3) is 0.176. The van der Waals surface area contributed by atoms with Crippen molar-refractivity contribution < 1.29 is 9.18 Å². The highest BCUT2D eigenvalue weighted by Gasteiger charge is 2.12. The molecule has 122 valence electrons. The van der Waals surface area contributed by atoms with E-state index in [4.69, 9.17) is 0 Å². The Morgan fingerprint density at radius 2 is 2.00 bits per heavy atom. The molecule has 1 unspecified atom stereocenters. The number of halogens is 1. The van der Waals surface area contributed by atoms with Gasteiger partial charge in [0.15, 0.2) is 0 Å². The molecule has 0 aliphatic rings. The number of amides is 1. The van der Waals surface area contributed by atoms with E-state index < -0.39 is 0 Å². The van der Waals surface area contributed by atoms with Gasteiger partial charge in [0.05, 0.1) is 6.04 Å². The molecule has 0 spiro atoms. The maximum Gasteiger partial charge on any atom is 0.244 e. The first-order valence-corrected chi connectivity index (χ1v) is 7.50. The van der Waals surface area contributed by atoms with Crippen LogP contribution in [0.1, 0.15) is 18.5 Å². The first-order chi connectivity index (χ1) is 11.6. The van der Waals surface area contributed by atoms with Gasteiger partial charge in [0, 0.05) is 5.56 Å². The third-order valence-corrected chi connectivity index (χ3v) is 3.50. The minimum Gasteiger partial charge on any atom is -0.348 e. The minimum absolute atomic E-state index is 0.0561. The van der Waals surface area contributed by atoms with Gasteiger partial charge in [-0.1, -0.05) is 42.5 Å². The largest absolute Gasteiger partial charge is 0.348 e. The van der Waals surface area contributed by atoms with Crippen molar-refractivity contribution in [2.75, 3.05) is 0 Å². The van der Waals surface area contributed by atoms with Crippen LogP contribution in [0.25, 0.3) is 11.4 Å². The summed E-state index contributed by atoms with van der Waals surface area (Å²) in [6.45, 7) is 1.85. The topological polar surface area (TPSA) is 72.7 Å². The summed E-state index contributed by atoms with van der Waals surface area (Å²) < 4.78 is 13.2. The van der Waals surface area contributed by atoms with Gasteiger partial charge in [-0.2, -0.15) is 4.80 Å². The fourth-order valence-corrected chi connectivity index (χ4v) is 2.29. The van der Waals surface area contributed by atoms with Crippen molar-refractivity contribution >= 4 is 5.91 Å². The summed E-state index contributed by atoms with van der Waals surface area (Å²) in [6.07, 6.45) is 0. The van der Waals surface area contributed by atoms with Crippen LogP contribution in [0, 0.1) is 5.82 Å². The lowest BCUT2D eigenvalue weighted by Crippen LogP contribution is -2.30. The van der Waals surface area contributed by atoms with Crippen molar-refractivity contribution in [1.82, 2.24) is 25.5 Å². The van der Waals surface area contributed by atoms with Gasteiger partial charge >= 0.3 is 0 Å². The van der Waals surface area contributed by atoms with Gasteiger partial charge in [-0.15, -0.1) is 10.2 Å². The molecule has 0 radical (unpaired) electrons. The van der Waals surface area contributed by atoms with Crippen LogP contribution in [-0.2, 0) is 11.3 Å². The van der Waals surface area contributed by atoms with E-state index >= 15 is 0 Å². The number of nitrogens with zero attached hydrogens (tertiary/aromatic N) is 4. The first kappa shape index (κ1) is 15.8. The Morgan fingerprint density at radius 3 is 2.75 bits per heavy atom. The zero-order chi connectivity index (χ0) is 16.9. The van der Waals surface area contributed by atoms with Crippen molar-refractivity contribution in [2.24, 2.45) is 0 Å². The summed E-state index contributed by atoms with van der Waals surface area (Å²) in [5.41, 5.74) is 1.53. The molecule has 1 aromatic heterocycles. The number of rotatable bonds is 5. The highest BCUT2D eigenvalue weighted by Crippen LogP contribution is 2.14. The second kappa shape index (κ2) is 6.99. The fourth-order valence-electron chi connectivity index (χ4n) is 2.29. The number of carbonyl (C=O) groups excluding carboxylic acids is 1. The predicted octanol–water partition coefficient (Wildman–Crippen LogP) is 2.36. The minimum atomic E-state index is -0.377. The van der Waals surface area contributed by atoms with Crippen molar-refractivity contribution in [3.8, 4) is 11.4 Å². The Morgan fingerprint density at radius 1 is 1.21 bits per heavy atom. The third kappa shape index (κ3) is 3.81. The molecule has 1 atom stereocenters. The third-order valence-electron chi connectivity index (χ3n) is 3.50. The molecule has 0 aliphatic carbocycles.